The van der Waals surface area contributed by atoms with Crippen LogP contribution in [0.1, 0.15) is 11.3 Å². The zero-order valence-corrected chi connectivity index (χ0v) is 18.8. The normalized spacial score (nSPS) is 19.2. The first-order valence-corrected chi connectivity index (χ1v) is 11.3. The van der Waals surface area contributed by atoms with Crippen molar-refractivity contribution in [1.29, 1.82) is 0 Å². The number of ether oxygens (including phenoxy) is 1. The predicted octanol–water partition coefficient (Wildman–Crippen LogP) is 3.38. The summed E-state index contributed by atoms with van der Waals surface area (Å²) in [5.41, 5.74) is 2.93. The lowest BCUT2D eigenvalue weighted by Gasteiger charge is -2.49. The molecule has 34 heavy (non-hydrogen) atoms. The number of hydrogen-bond acceptors (Lipinski definition) is 7. The second-order valence-corrected chi connectivity index (χ2v) is 8.58. The van der Waals surface area contributed by atoms with Crippen LogP contribution in [0.4, 0.5) is 17.1 Å². The van der Waals surface area contributed by atoms with Crippen molar-refractivity contribution in [2.75, 3.05) is 36.5 Å². The lowest BCUT2D eigenvalue weighted by atomic mass is 9.83. The molecule has 2 aliphatic heterocycles. The van der Waals surface area contributed by atoms with Gasteiger partial charge >= 0.3 is 0 Å². The molecule has 1 fully saturated rings. The molecule has 0 saturated carbocycles. The molecule has 176 valence electrons. The third kappa shape index (κ3) is 4.16. The molecular weight excluding hydrogens is 436 g/mol. The lowest BCUT2D eigenvalue weighted by Crippen LogP contribution is -2.61. The maximum absolute atomic E-state index is 13.4. The van der Waals surface area contributed by atoms with Gasteiger partial charge in [-0.3, -0.25) is 14.9 Å². The first-order chi connectivity index (χ1) is 16.5. The van der Waals surface area contributed by atoms with Crippen molar-refractivity contribution in [3.63, 3.8) is 0 Å². The molecule has 3 heterocycles. The molecule has 1 saturated heterocycles. The fourth-order valence-electron chi connectivity index (χ4n) is 4.97. The molecule has 0 bridgehead atoms. The molecule has 5 rings (SSSR count). The van der Waals surface area contributed by atoms with Gasteiger partial charge in [-0.2, -0.15) is 0 Å². The molecule has 0 spiro atoms. The van der Waals surface area contributed by atoms with Crippen molar-refractivity contribution in [2.45, 2.75) is 19.0 Å². The zero-order chi connectivity index (χ0) is 23.7. The molecule has 9 heteroatoms. The van der Waals surface area contributed by atoms with Gasteiger partial charge in [0, 0.05) is 43.1 Å². The third-order valence-corrected chi connectivity index (χ3v) is 6.70. The van der Waals surface area contributed by atoms with Gasteiger partial charge in [-0.1, -0.05) is 0 Å². The minimum absolute atomic E-state index is 0.0452. The van der Waals surface area contributed by atoms with Gasteiger partial charge in [0.2, 0.25) is 5.91 Å². The fraction of sp³-hybridized carbons (Fsp3) is 0.320. The van der Waals surface area contributed by atoms with Crippen molar-refractivity contribution < 1.29 is 18.9 Å². The van der Waals surface area contributed by atoms with E-state index >= 15 is 0 Å². The van der Waals surface area contributed by atoms with E-state index in [1.165, 1.54) is 0 Å². The summed E-state index contributed by atoms with van der Waals surface area (Å²) in [6, 6.07) is 16.4. The number of methoxy groups -OCH3 is 1. The van der Waals surface area contributed by atoms with E-state index in [0.29, 0.717) is 31.8 Å². The van der Waals surface area contributed by atoms with Gasteiger partial charge in [0.25, 0.3) is 5.69 Å². The summed E-state index contributed by atoms with van der Waals surface area (Å²) < 4.78 is 10.6. The fourth-order valence-corrected chi connectivity index (χ4v) is 4.97. The van der Waals surface area contributed by atoms with Crippen LogP contribution in [0.15, 0.2) is 65.3 Å². The molecule has 1 aromatic heterocycles. The summed E-state index contributed by atoms with van der Waals surface area (Å²) in [4.78, 5) is 28.8. The number of nitro groups is 1. The maximum Gasteiger partial charge on any atom is 0.269 e. The molecule has 0 aliphatic carbocycles. The second kappa shape index (κ2) is 9.09. The van der Waals surface area contributed by atoms with Crippen molar-refractivity contribution in [3.05, 3.63) is 82.3 Å². The van der Waals surface area contributed by atoms with Crippen molar-refractivity contribution >= 4 is 23.0 Å². The topological polar surface area (TPSA) is 101 Å². The quantitative estimate of drug-likeness (QED) is 0.443. The number of benzene rings is 2. The Kier molecular flexibility index (Phi) is 5.83. The van der Waals surface area contributed by atoms with Crippen LogP contribution in [0.5, 0.6) is 5.75 Å². The largest absolute Gasteiger partial charge is 0.497 e. The predicted molar refractivity (Wildman–Crippen MR) is 127 cm³/mol. The summed E-state index contributed by atoms with van der Waals surface area (Å²) in [6.45, 7) is 2.46. The maximum atomic E-state index is 13.4. The van der Waals surface area contributed by atoms with E-state index in [2.05, 4.69) is 15.1 Å². The first kappa shape index (κ1) is 21.8. The van der Waals surface area contributed by atoms with Gasteiger partial charge in [0.05, 0.1) is 36.8 Å². The van der Waals surface area contributed by atoms with E-state index in [1.54, 1.807) is 31.6 Å². The van der Waals surface area contributed by atoms with Crippen molar-refractivity contribution in [1.82, 2.24) is 5.32 Å². The van der Waals surface area contributed by atoms with Gasteiger partial charge in [0.15, 0.2) is 0 Å². The number of nitro benzene ring substituents is 1. The standard InChI is InChI=1S/C25H26N4O5/c1-33-20-7-4-18(5-8-20)27-10-11-28-23-9-6-19(29(31)32)13-17(23)14-22(24(28)16-27)25(30)26-15-21-3-2-12-34-21/h2-9,12-13,22,24H,10-11,14-16H2,1H3,(H,26,30). The minimum atomic E-state index is -0.389. The van der Waals surface area contributed by atoms with Crippen LogP contribution < -0.4 is 19.9 Å². The Bertz CT molecular complexity index is 1180. The Balaban J connectivity index is 1.43. The summed E-state index contributed by atoms with van der Waals surface area (Å²) >= 11 is 0. The number of carbonyl (C=O) groups excluding carboxylic acids is 1. The van der Waals surface area contributed by atoms with Crippen LogP contribution in [0.2, 0.25) is 0 Å². The van der Waals surface area contributed by atoms with E-state index in [1.807, 2.05) is 36.4 Å². The Morgan fingerprint density at radius 1 is 1.21 bits per heavy atom. The number of furan rings is 1. The minimum Gasteiger partial charge on any atom is -0.497 e. The number of piperazine rings is 1. The highest BCUT2D eigenvalue weighted by atomic mass is 16.6. The molecule has 1 N–H and O–H groups in total. The third-order valence-electron chi connectivity index (χ3n) is 6.70. The number of fused-ring (bicyclic) bond motifs is 3. The Morgan fingerprint density at radius 3 is 2.74 bits per heavy atom. The van der Waals surface area contributed by atoms with Gasteiger partial charge in [-0.05, 0) is 54.4 Å². The highest BCUT2D eigenvalue weighted by Crippen LogP contribution is 2.38. The molecule has 1 amide bonds. The average Bonchev–Trinajstić information content (AvgIpc) is 3.40. The Labute approximate surface area is 197 Å². The second-order valence-electron chi connectivity index (χ2n) is 8.58. The van der Waals surface area contributed by atoms with Gasteiger partial charge in [-0.15, -0.1) is 0 Å². The number of anilines is 2. The van der Waals surface area contributed by atoms with E-state index in [4.69, 9.17) is 9.15 Å². The van der Waals surface area contributed by atoms with E-state index < -0.39 is 0 Å². The van der Waals surface area contributed by atoms with Crippen LogP contribution >= 0.6 is 0 Å². The lowest BCUT2D eigenvalue weighted by molar-refractivity contribution is -0.384. The number of rotatable bonds is 6. The summed E-state index contributed by atoms with van der Waals surface area (Å²) in [6.07, 6.45) is 2.02. The van der Waals surface area contributed by atoms with Gasteiger partial charge in [0.1, 0.15) is 11.5 Å². The van der Waals surface area contributed by atoms with E-state index in [9.17, 15) is 14.9 Å². The number of carbonyl (C=O) groups is 1. The van der Waals surface area contributed by atoms with Crippen LogP contribution in [0.25, 0.3) is 0 Å². The molecule has 2 aliphatic rings. The molecular formula is C25H26N4O5. The van der Waals surface area contributed by atoms with Gasteiger partial charge < -0.3 is 24.3 Å². The number of hydrogen-bond donors (Lipinski definition) is 1. The number of nitrogens with zero attached hydrogens (tertiary/aromatic N) is 3. The molecule has 3 aromatic rings. The average molecular weight is 463 g/mol. The monoisotopic (exact) mass is 462 g/mol. The molecule has 2 aromatic carbocycles. The van der Waals surface area contributed by atoms with Crippen LogP contribution in [-0.2, 0) is 17.8 Å². The number of amides is 1. The molecule has 2 unspecified atom stereocenters. The Morgan fingerprint density at radius 2 is 2.03 bits per heavy atom. The van der Waals surface area contributed by atoms with Crippen molar-refractivity contribution in [3.8, 4) is 5.75 Å². The Hall–Kier alpha value is -4.01. The number of non-ortho nitro benzene ring substituents is 1. The highest BCUT2D eigenvalue weighted by Gasteiger charge is 2.42. The smallest absolute Gasteiger partial charge is 0.269 e. The van der Waals surface area contributed by atoms with E-state index in [-0.39, 0.29) is 28.5 Å². The van der Waals surface area contributed by atoms with E-state index in [0.717, 1.165) is 29.2 Å². The highest BCUT2D eigenvalue weighted by molar-refractivity contribution is 5.82. The molecule has 9 nitrogen and oxygen atoms in total. The van der Waals surface area contributed by atoms with Crippen molar-refractivity contribution in [2.24, 2.45) is 5.92 Å². The SMILES string of the molecule is COc1ccc(N2CCN3c4ccc([N+](=O)[O-])cc4CC(C(=O)NCc4ccco4)C3C2)cc1. The summed E-state index contributed by atoms with van der Waals surface area (Å²) in [5, 5.41) is 14.3. The first-order valence-electron chi connectivity index (χ1n) is 11.3. The molecule has 2 atom stereocenters. The van der Waals surface area contributed by atoms with Gasteiger partial charge in [-0.25, -0.2) is 0 Å². The zero-order valence-electron chi connectivity index (χ0n) is 18.8. The number of nitrogens with one attached hydrogen (secondary N) is 1. The summed E-state index contributed by atoms with van der Waals surface area (Å²) in [5.74, 6) is 1.04. The van der Waals surface area contributed by atoms with Crippen LogP contribution in [0.3, 0.4) is 0 Å². The summed E-state index contributed by atoms with van der Waals surface area (Å²) in [7, 11) is 1.64. The van der Waals surface area contributed by atoms with Crippen LogP contribution in [0, 0.1) is 16.0 Å². The molecule has 0 radical (unpaired) electrons. The van der Waals surface area contributed by atoms with Crippen LogP contribution in [-0.4, -0.2) is 43.6 Å².